The van der Waals surface area contributed by atoms with Gasteiger partial charge < -0.3 is 4.74 Å². The quantitative estimate of drug-likeness (QED) is 0.597. The Morgan fingerprint density at radius 1 is 1.28 bits per heavy atom. The molecule has 6 heteroatoms. The van der Waals surface area contributed by atoms with Gasteiger partial charge in [0.05, 0.1) is 11.5 Å². The maximum atomic E-state index is 11.3. The molecule has 0 aliphatic carbocycles. The summed E-state index contributed by atoms with van der Waals surface area (Å²) in [6.07, 6.45) is 3.02. The van der Waals surface area contributed by atoms with Crippen LogP contribution in [-0.4, -0.2) is 27.0 Å². The van der Waals surface area contributed by atoms with Gasteiger partial charge in [-0.3, -0.25) is 0 Å². The van der Waals surface area contributed by atoms with Crippen LogP contribution in [0.25, 0.3) is 0 Å². The molecule has 1 aromatic rings. The van der Waals surface area contributed by atoms with Gasteiger partial charge in [-0.2, -0.15) is 11.8 Å². The summed E-state index contributed by atoms with van der Waals surface area (Å²) in [6, 6.07) is 3.08. The van der Waals surface area contributed by atoms with Crippen LogP contribution in [0.4, 0.5) is 0 Å². The molecular weight excluding hydrogens is 292 g/mol. The van der Waals surface area contributed by atoms with Crippen molar-refractivity contribution in [1.82, 2.24) is 0 Å². The first-order chi connectivity index (χ1) is 8.36. The van der Waals surface area contributed by atoms with E-state index in [4.69, 9.17) is 15.4 Å². The van der Waals surface area contributed by atoms with Gasteiger partial charge >= 0.3 is 0 Å². The minimum Gasteiger partial charge on any atom is -0.493 e. The molecule has 1 aromatic carbocycles. The summed E-state index contributed by atoms with van der Waals surface area (Å²) in [5.41, 5.74) is 1.58. The van der Waals surface area contributed by atoms with Crippen molar-refractivity contribution in [3.05, 3.63) is 23.3 Å². The number of benzene rings is 1. The maximum Gasteiger partial charge on any atom is 0.261 e. The van der Waals surface area contributed by atoms with E-state index in [2.05, 4.69) is 6.26 Å². The summed E-state index contributed by atoms with van der Waals surface area (Å²) in [5.74, 6) is 1.80. The van der Waals surface area contributed by atoms with E-state index < -0.39 is 9.05 Å². The highest BCUT2D eigenvalue weighted by molar-refractivity contribution is 8.13. The highest BCUT2D eigenvalue weighted by atomic mass is 35.7. The van der Waals surface area contributed by atoms with E-state index in [1.54, 1.807) is 23.9 Å². The van der Waals surface area contributed by atoms with E-state index in [-0.39, 0.29) is 4.90 Å². The summed E-state index contributed by atoms with van der Waals surface area (Å²) in [4.78, 5) is 0.121. The van der Waals surface area contributed by atoms with Gasteiger partial charge in [0, 0.05) is 10.7 Å². The number of ether oxygens (including phenoxy) is 1. The van der Waals surface area contributed by atoms with E-state index in [9.17, 15) is 8.42 Å². The van der Waals surface area contributed by atoms with Crippen LogP contribution in [0.15, 0.2) is 17.0 Å². The second-order valence-corrected chi connectivity index (χ2v) is 7.57. The largest absolute Gasteiger partial charge is 0.493 e. The summed E-state index contributed by atoms with van der Waals surface area (Å²) in [6.45, 7) is 4.28. The molecule has 0 radical (unpaired) electrons. The molecule has 3 nitrogen and oxygen atoms in total. The van der Waals surface area contributed by atoms with Crippen LogP contribution in [0.2, 0.25) is 0 Å². The lowest BCUT2D eigenvalue weighted by atomic mass is 10.1. The lowest BCUT2D eigenvalue weighted by Crippen LogP contribution is -2.03. The second-order valence-electron chi connectivity index (χ2n) is 4.02. The van der Waals surface area contributed by atoms with Crippen LogP contribution in [0.3, 0.4) is 0 Å². The van der Waals surface area contributed by atoms with Crippen LogP contribution in [-0.2, 0) is 9.05 Å². The van der Waals surface area contributed by atoms with Crippen LogP contribution >= 0.6 is 22.4 Å². The molecular formula is C12H17ClO3S2. The van der Waals surface area contributed by atoms with Crippen molar-refractivity contribution in [2.24, 2.45) is 0 Å². The highest BCUT2D eigenvalue weighted by Crippen LogP contribution is 2.28. The lowest BCUT2D eigenvalue weighted by Gasteiger charge is -2.13. The van der Waals surface area contributed by atoms with Gasteiger partial charge in [-0.1, -0.05) is 0 Å². The monoisotopic (exact) mass is 308 g/mol. The van der Waals surface area contributed by atoms with Gasteiger partial charge in [0.1, 0.15) is 5.75 Å². The molecule has 0 saturated carbocycles. The molecule has 0 atom stereocenters. The van der Waals surface area contributed by atoms with Gasteiger partial charge in [0.2, 0.25) is 0 Å². The maximum absolute atomic E-state index is 11.3. The third-order valence-electron chi connectivity index (χ3n) is 2.45. The Morgan fingerprint density at radius 3 is 2.28 bits per heavy atom. The van der Waals surface area contributed by atoms with Crippen molar-refractivity contribution in [1.29, 1.82) is 0 Å². The molecule has 0 saturated heterocycles. The number of hydrogen-bond acceptors (Lipinski definition) is 4. The minimum atomic E-state index is -3.68. The van der Waals surface area contributed by atoms with E-state index in [1.807, 2.05) is 13.8 Å². The van der Waals surface area contributed by atoms with Crippen LogP contribution < -0.4 is 4.74 Å². The molecule has 0 spiro atoms. The SMILES string of the molecule is CSCCCOc1c(C)cc(S(=O)(=O)Cl)cc1C. The van der Waals surface area contributed by atoms with Crippen molar-refractivity contribution >= 4 is 31.5 Å². The molecule has 0 fully saturated rings. The zero-order chi connectivity index (χ0) is 13.8. The van der Waals surface area contributed by atoms with E-state index in [1.165, 1.54) is 0 Å². The van der Waals surface area contributed by atoms with E-state index in [0.29, 0.717) is 6.61 Å². The number of halogens is 1. The molecule has 0 bridgehead atoms. The van der Waals surface area contributed by atoms with Crippen LogP contribution in [0.1, 0.15) is 17.5 Å². The fraction of sp³-hybridized carbons (Fsp3) is 0.500. The average Bonchev–Trinajstić information content (AvgIpc) is 2.25. The van der Waals surface area contributed by atoms with Crippen molar-refractivity contribution in [3.63, 3.8) is 0 Å². The zero-order valence-electron chi connectivity index (χ0n) is 10.7. The van der Waals surface area contributed by atoms with Crippen LogP contribution in [0, 0.1) is 13.8 Å². The Morgan fingerprint density at radius 2 is 1.83 bits per heavy atom. The predicted molar refractivity (Wildman–Crippen MR) is 77.4 cm³/mol. The number of thioether (sulfide) groups is 1. The Balaban J connectivity index is 2.88. The Kier molecular flexibility index (Phi) is 5.82. The van der Waals surface area contributed by atoms with E-state index in [0.717, 1.165) is 29.1 Å². The molecule has 0 aliphatic rings. The highest BCUT2D eigenvalue weighted by Gasteiger charge is 2.14. The summed E-state index contributed by atoms with van der Waals surface area (Å²) in [5, 5.41) is 0. The Bertz CT molecular complexity index is 489. The van der Waals surface area contributed by atoms with Gasteiger partial charge in [0.15, 0.2) is 0 Å². The molecule has 0 N–H and O–H groups in total. The smallest absolute Gasteiger partial charge is 0.261 e. The molecule has 1 rings (SSSR count). The lowest BCUT2D eigenvalue weighted by molar-refractivity contribution is 0.314. The van der Waals surface area contributed by atoms with Crippen LogP contribution in [0.5, 0.6) is 5.75 Å². The van der Waals surface area contributed by atoms with Gasteiger partial charge in [-0.25, -0.2) is 8.42 Å². The molecule has 0 aliphatic heterocycles. The third kappa shape index (κ3) is 4.37. The minimum absolute atomic E-state index is 0.121. The number of rotatable bonds is 6. The van der Waals surface area contributed by atoms with Crippen molar-refractivity contribution in [2.75, 3.05) is 18.6 Å². The Hall–Kier alpha value is -0.390. The topological polar surface area (TPSA) is 43.4 Å². The molecule has 0 amide bonds. The van der Waals surface area contributed by atoms with Crippen molar-refractivity contribution < 1.29 is 13.2 Å². The molecule has 102 valence electrons. The molecule has 18 heavy (non-hydrogen) atoms. The summed E-state index contributed by atoms with van der Waals surface area (Å²) >= 11 is 1.77. The molecule has 0 unspecified atom stereocenters. The fourth-order valence-electron chi connectivity index (χ4n) is 1.66. The molecule has 0 aromatic heterocycles. The normalized spacial score (nSPS) is 11.6. The molecule has 0 heterocycles. The predicted octanol–water partition coefficient (Wildman–Crippen LogP) is 3.36. The first-order valence-corrected chi connectivity index (χ1v) is 9.24. The third-order valence-corrected chi connectivity index (χ3v) is 4.48. The van der Waals surface area contributed by atoms with Crippen molar-refractivity contribution in [2.45, 2.75) is 25.2 Å². The summed E-state index contributed by atoms with van der Waals surface area (Å²) < 4.78 is 28.2. The Labute approximate surface area is 117 Å². The number of aryl methyl sites for hydroxylation is 2. The average molecular weight is 309 g/mol. The fourth-order valence-corrected chi connectivity index (χ4v) is 2.97. The van der Waals surface area contributed by atoms with Crippen molar-refractivity contribution in [3.8, 4) is 5.75 Å². The standard InChI is InChI=1S/C12H17ClO3S2/c1-9-7-11(18(13,14)15)8-10(2)12(9)16-5-4-6-17-3/h7-8H,4-6H2,1-3H3. The summed E-state index contributed by atoms with van der Waals surface area (Å²) in [7, 11) is 1.65. The zero-order valence-corrected chi connectivity index (χ0v) is 13.1. The first kappa shape index (κ1) is 15.7. The second kappa shape index (κ2) is 6.68. The van der Waals surface area contributed by atoms with E-state index >= 15 is 0 Å². The van der Waals surface area contributed by atoms with Gasteiger partial charge in [0.25, 0.3) is 9.05 Å². The number of hydrogen-bond donors (Lipinski definition) is 0. The van der Waals surface area contributed by atoms with Gasteiger partial charge in [-0.05, 0) is 55.5 Å². The van der Waals surface area contributed by atoms with Gasteiger partial charge in [-0.15, -0.1) is 0 Å². The first-order valence-electron chi connectivity index (χ1n) is 5.54.